The van der Waals surface area contributed by atoms with Gasteiger partial charge in [-0.1, -0.05) is 42.0 Å². The highest BCUT2D eigenvalue weighted by molar-refractivity contribution is 6.44. The number of rotatable bonds is 6. The van der Waals surface area contributed by atoms with Crippen LogP contribution in [-0.2, 0) is 9.59 Å². The first kappa shape index (κ1) is 19.9. The predicted molar refractivity (Wildman–Crippen MR) is 103 cm³/mol. The molecule has 2 atom stereocenters. The Kier molecular flexibility index (Phi) is 5.70. The number of hydrogen-bond donors (Lipinski definition) is 1. The van der Waals surface area contributed by atoms with Gasteiger partial charge in [-0.3, -0.25) is 14.4 Å². The van der Waals surface area contributed by atoms with E-state index in [-0.39, 0.29) is 5.78 Å². The summed E-state index contributed by atoms with van der Waals surface area (Å²) < 4.78 is 13.4. The molecule has 1 N–H and O–H groups in total. The van der Waals surface area contributed by atoms with Crippen LogP contribution >= 0.6 is 0 Å². The highest BCUT2D eigenvalue weighted by atomic mass is 19.1. The van der Waals surface area contributed by atoms with Crippen LogP contribution in [0.15, 0.2) is 48.5 Å². The van der Waals surface area contributed by atoms with Crippen molar-refractivity contribution in [1.29, 1.82) is 0 Å². The van der Waals surface area contributed by atoms with E-state index in [1.165, 1.54) is 29.2 Å². The number of Topliss-reactive ketones (excluding diaryl/α,β-unsaturated/α-hetero) is 2. The van der Waals surface area contributed by atoms with Crippen LogP contribution in [-0.4, -0.2) is 49.6 Å². The molecule has 1 aliphatic heterocycles. The molecular formula is C22H24FN2O3+. The van der Waals surface area contributed by atoms with Crippen LogP contribution in [0.4, 0.5) is 4.39 Å². The van der Waals surface area contributed by atoms with E-state index in [9.17, 15) is 18.8 Å². The number of likely N-dealkylation sites (tertiary alicyclic amines) is 1. The Morgan fingerprint density at radius 2 is 1.64 bits per heavy atom. The molecule has 1 aliphatic rings. The highest BCUT2D eigenvalue weighted by Gasteiger charge is 2.51. The van der Waals surface area contributed by atoms with Crippen molar-refractivity contribution in [2.75, 3.05) is 27.2 Å². The number of amides is 1. The minimum Gasteiger partial charge on any atom is -0.338 e. The summed E-state index contributed by atoms with van der Waals surface area (Å²) in [6, 6.07) is 11.9. The van der Waals surface area contributed by atoms with Crippen LogP contribution in [0, 0.1) is 18.7 Å². The summed E-state index contributed by atoms with van der Waals surface area (Å²) in [5.74, 6) is -3.27. The lowest BCUT2D eigenvalue weighted by molar-refractivity contribution is -0.857. The van der Waals surface area contributed by atoms with Crippen LogP contribution in [0.25, 0.3) is 0 Å². The van der Waals surface area contributed by atoms with Gasteiger partial charge in [0, 0.05) is 5.56 Å². The first-order valence-electron chi connectivity index (χ1n) is 9.30. The van der Waals surface area contributed by atoms with Gasteiger partial charge < -0.3 is 9.80 Å². The van der Waals surface area contributed by atoms with Gasteiger partial charge in [0.2, 0.25) is 5.78 Å². The van der Waals surface area contributed by atoms with Crippen LogP contribution in [0.2, 0.25) is 0 Å². The average Bonchev–Trinajstić information content (AvgIpc) is 2.91. The van der Waals surface area contributed by atoms with Crippen molar-refractivity contribution >= 4 is 17.5 Å². The molecule has 5 nitrogen and oxygen atoms in total. The zero-order chi connectivity index (χ0) is 20.4. The van der Waals surface area contributed by atoms with E-state index in [1.807, 2.05) is 21.0 Å². The fourth-order valence-electron chi connectivity index (χ4n) is 3.50. The highest BCUT2D eigenvalue weighted by Crippen LogP contribution is 2.38. The van der Waals surface area contributed by atoms with Gasteiger partial charge in [-0.15, -0.1) is 0 Å². The quantitative estimate of drug-likeness (QED) is 0.464. The molecule has 1 saturated heterocycles. The normalized spacial score (nSPS) is 19.5. The van der Waals surface area contributed by atoms with Gasteiger partial charge in [0.1, 0.15) is 11.7 Å². The lowest BCUT2D eigenvalue weighted by Crippen LogP contribution is -3.06. The molecule has 28 heavy (non-hydrogen) atoms. The van der Waals surface area contributed by atoms with Crippen LogP contribution in [0.1, 0.15) is 27.5 Å². The van der Waals surface area contributed by atoms with Gasteiger partial charge in [-0.25, -0.2) is 4.39 Å². The van der Waals surface area contributed by atoms with Gasteiger partial charge >= 0.3 is 0 Å². The molecule has 2 aromatic rings. The molecule has 2 unspecified atom stereocenters. The van der Waals surface area contributed by atoms with Crippen LogP contribution in [0.3, 0.4) is 0 Å². The molecule has 0 spiro atoms. The van der Waals surface area contributed by atoms with Crippen molar-refractivity contribution in [3.63, 3.8) is 0 Å². The van der Waals surface area contributed by atoms with Crippen molar-refractivity contribution in [3.05, 3.63) is 71.0 Å². The smallest absolute Gasteiger partial charge is 0.291 e. The first-order chi connectivity index (χ1) is 13.3. The number of ketones is 2. The molecule has 1 heterocycles. The Bertz CT molecular complexity index is 891. The molecule has 1 fully saturated rings. The number of carbonyl (C=O) groups excluding carboxylic acids is 3. The van der Waals surface area contributed by atoms with Gasteiger partial charge in [0.25, 0.3) is 5.91 Å². The zero-order valence-electron chi connectivity index (χ0n) is 16.2. The van der Waals surface area contributed by atoms with E-state index >= 15 is 0 Å². The van der Waals surface area contributed by atoms with E-state index in [4.69, 9.17) is 0 Å². The number of benzene rings is 2. The van der Waals surface area contributed by atoms with Crippen molar-refractivity contribution in [2.24, 2.45) is 5.92 Å². The van der Waals surface area contributed by atoms with Crippen molar-refractivity contribution in [2.45, 2.75) is 13.0 Å². The molecule has 6 heteroatoms. The zero-order valence-corrected chi connectivity index (χ0v) is 16.2. The Morgan fingerprint density at radius 1 is 1.04 bits per heavy atom. The third-order valence-corrected chi connectivity index (χ3v) is 5.09. The van der Waals surface area contributed by atoms with Crippen LogP contribution in [0.5, 0.6) is 0 Å². The number of likely N-dealkylation sites (N-methyl/N-ethyl adjacent to an activating group) is 1. The Morgan fingerprint density at radius 3 is 2.21 bits per heavy atom. The van der Waals surface area contributed by atoms with E-state index in [0.29, 0.717) is 24.2 Å². The molecule has 1 amide bonds. The van der Waals surface area contributed by atoms with Crippen molar-refractivity contribution in [1.82, 2.24) is 4.90 Å². The van der Waals surface area contributed by atoms with E-state index in [2.05, 4.69) is 0 Å². The molecule has 3 rings (SSSR count). The van der Waals surface area contributed by atoms with Gasteiger partial charge in [-0.2, -0.15) is 0 Å². The Hall–Kier alpha value is -2.86. The summed E-state index contributed by atoms with van der Waals surface area (Å²) in [4.78, 5) is 41.3. The Labute approximate surface area is 163 Å². The molecule has 0 bridgehead atoms. The van der Waals surface area contributed by atoms with Gasteiger partial charge in [0.05, 0.1) is 33.2 Å². The number of quaternary nitrogens is 1. The number of hydrogen-bond acceptors (Lipinski definition) is 3. The fourth-order valence-corrected chi connectivity index (χ4v) is 3.50. The summed E-state index contributed by atoms with van der Waals surface area (Å²) in [7, 11) is 3.90. The number of nitrogens with one attached hydrogen (secondary N) is 1. The summed E-state index contributed by atoms with van der Waals surface area (Å²) >= 11 is 0. The summed E-state index contributed by atoms with van der Waals surface area (Å²) in [5, 5.41) is 0. The lowest BCUT2D eigenvalue weighted by atomic mass is 9.86. The van der Waals surface area contributed by atoms with E-state index < -0.39 is 29.5 Å². The maximum Gasteiger partial charge on any atom is 0.291 e. The second kappa shape index (κ2) is 8.02. The summed E-state index contributed by atoms with van der Waals surface area (Å²) in [6.45, 7) is 2.87. The molecule has 146 valence electrons. The second-order valence-electron chi connectivity index (χ2n) is 7.52. The number of carbonyl (C=O) groups is 3. The number of aryl methyl sites for hydroxylation is 1. The maximum absolute atomic E-state index is 13.4. The predicted octanol–water partition coefficient (Wildman–Crippen LogP) is 1.23. The largest absolute Gasteiger partial charge is 0.338 e. The summed E-state index contributed by atoms with van der Waals surface area (Å²) in [5.41, 5.74) is 1.97. The molecule has 0 aromatic heterocycles. The SMILES string of the molecule is Cc1ccc(C(=O)C2C(=O)C(=O)N(CC[NH+](C)C)C2c2ccc(F)cc2)cc1. The van der Waals surface area contributed by atoms with E-state index in [1.54, 1.807) is 24.3 Å². The Balaban J connectivity index is 2.02. The second-order valence-corrected chi connectivity index (χ2v) is 7.52. The maximum atomic E-state index is 13.4. The van der Waals surface area contributed by atoms with Crippen LogP contribution < -0.4 is 4.90 Å². The minimum atomic E-state index is -1.13. The first-order valence-corrected chi connectivity index (χ1v) is 9.30. The number of nitrogens with zero attached hydrogens (tertiary/aromatic N) is 1. The van der Waals surface area contributed by atoms with Crippen molar-refractivity contribution in [3.8, 4) is 0 Å². The van der Waals surface area contributed by atoms with Gasteiger partial charge in [0.15, 0.2) is 5.78 Å². The van der Waals surface area contributed by atoms with Crippen molar-refractivity contribution < 1.29 is 23.7 Å². The third-order valence-electron chi connectivity index (χ3n) is 5.09. The molecule has 0 radical (unpaired) electrons. The lowest BCUT2D eigenvalue weighted by Gasteiger charge is -2.27. The standard InChI is InChI=1S/C22H23FN2O3/c1-14-4-6-16(7-5-14)20(26)18-19(15-8-10-17(23)11-9-15)25(13-12-24(2)3)22(28)21(18)27/h4-11,18-19H,12-13H2,1-3H3/p+1. The molecule has 0 saturated carbocycles. The average molecular weight is 383 g/mol. The monoisotopic (exact) mass is 383 g/mol. The number of halogens is 1. The topological polar surface area (TPSA) is 58.9 Å². The molecular weight excluding hydrogens is 359 g/mol. The van der Waals surface area contributed by atoms with Gasteiger partial charge in [-0.05, 0) is 24.6 Å². The third kappa shape index (κ3) is 3.87. The fraction of sp³-hybridized carbons (Fsp3) is 0.318. The minimum absolute atomic E-state index is 0.340. The summed E-state index contributed by atoms with van der Waals surface area (Å²) in [6.07, 6.45) is 0. The molecule has 0 aliphatic carbocycles. The van der Waals surface area contributed by atoms with E-state index in [0.717, 1.165) is 10.5 Å². The molecule has 2 aromatic carbocycles.